The van der Waals surface area contributed by atoms with E-state index in [1.165, 1.54) is 6.08 Å². The summed E-state index contributed by atoms with van der Waals surface area (Å²) in [5.74, 6) is 0. The molecule has 0 aromatic heterocycles. The molecule has 0 radical (unpaired) electrons. The molecule has 1 aliphatic carbocycles. The monoisotopic (exact) mass is 527 g/mol. The summed E-state index contributed by atoms with van der Waals surface area (Å²) in [4.78, 5) is 0. The number of aliphatic hydroxyl groups is 1. The van der Waals surface area contributed by atoms with Gasteiger partial charge in [-0.2, -0.15) is 5.11 Å². The number of azo groups is 1. The van der Waals surface area contributed by atoms with Gasteiger partial charge in [-0.15, -0.1) is 5.11 Å². The molecular formula is C12H9Br4N3O. The van der Waals surface area contributed by atoms with Gasteiger partial charge in [0.25, 0.3) is 0 Å². The molecule has 106 valence electrons. The Balaban J connectivity index is 2.34. The summed E-state index contributed by atoms with van der Waals surface area (Å²) < 4.78 is 3.35. The van der Waals surface area contributed by atoms with Gasteiger partial charge in [0.05, 0.1) is 10.2 Å². The van der Waals surface area contributed by atoms with Crippen LogP contribution in [0.1, 0.15) is 6.42 Å². The van der Waals surface area contributed by atoms with Gasteiger partial charge in [-0.25, -0.2) is 0 Å². The van der Waals surface area contributed by atoms with E-state index in [-0.39, 0.29) is 0 Å². The molecule has 0 aliphatic heterocycles. The van der Waals surface area contributed by atoms with Crippen LogP contribution in [0.2, 0.25) is 0 Å². The fraction of sp³-hybridized carbons (Fsp3) is 0.167. The minimum absolute atomic E-state index is 0.366. The Kier molecular flexibility index (Phi) is 5.36. The van der Waals surface area contributed by atoms with Gasteiger partial charge in [-0.1, -0.05) is 6.08 Å². The molecule has 1 aromatic rings. The van der Waals surface area contributed by atoms with E-state index in [2.05, 4.69) is 73.9 Å². The van der Waals surface area contributed by atoms with Crippen LogP contribution in [0.25, 0.3) is 0 Å². The number of rotatable bonds is 2. The minimum Gasteiger partial charge on any atom is -0.372 e. The van der Waals surface area contributed by atoms with E-state index in [1.54, 1.807) is 12.2 Å². The second-order valence-electron chi connectivity index (χ2n) is 4.19. The molecule has 20 heavy (non-hydrogen) atoms. The lowest BCUT2D eigenvalue weighted by atomic mass is 10.0. The Morgan fingerprint density at radius 1 is 1.10 bits per heavy atom. The minimum atomic E-state index is -1.36. The van der Waals surface area contributed by atoms with Crippen LogP contribution in [0.15, 0.2) is 58.1 Å². The number of halogens is 4. The predicted molar refractivity (Wildman–Crippen MR) is 92.7 cm³/mol. The lowest BCUT2D eigenvalue weighted by molar-refractivity contribution is 0.0995. The Hall–Kier alpha value is 0.140. The van der Waals surface area contributed by atoms with Gasteiger partial charge in [0.1, 0.15) is 11.4 Å². The van der Waals surface area contributed by atoms with E-state index in [0.29, 0.717) is 17.8 Å². The Morgan fingerprint density at radius 3 is 2.45 bits per heavy atom. The van der Waals surface area contributed by atoms with Gasteiger partial charge in [-0.05, 0) is 81.9 Å². The Labute approximate surface area is 149 Å². The molecule has 4 nitrogen and oxygen atoms in total. The third-order valence-corrected chi connectivity index (χ3v) is 7.13. The molecule has 1 unspecified atom stereocenters. The zero-order chi connectivity index (χ0) is 14.9. The van der Waals surface area contributed by atoms with Crippen molar-refractivity contribution in [3.05, 3.63) is 47.9 Å². The van der Waals surface area contributed by atoms with Crippen molar-refractivity contribution in [2.45, 2.75) is 12.1 Å². The van der Waals surface area contributed by atoms with Gasteiger partial charge in [0.2, 0.25) is 0 Å². The highest BCUT2D eigenvalue weighted by molar-refractivity contribution is 9.15. The largest absolute Gasteiger partial charge is 0.372 e. The number of nitrogens with two attached hydrogens (primary N) is 1. The van der Waals surface area contributed by atoms with E-state index >= 15 is 0 Å². The van der Waals surface area contributed by atoms with Crippen LogP contribution in [0.4, 0.5) is 5.69 Å². The molecule has 0 saturated heterocycles. The first-order chi connectivity index (χ1) is 9.30. The molecule has 0 heterocycles. The Morgan fingerprint density at radius 2 is 1.80 bits per heavy atom. The molecule has 8 heteroatoms. The molecule has 2 rings (SSSR count). The summed E-state index contributed by atoms with van der Waals surface area (Å²) in [5, 5.41) is 18.0. The molecule has 0 spiro atoms. The molecule has 3 N–H and O–H groups in total. The average molecular weight is 531 g/mol. The fourth-order valence-corrected chi connectivity index (χ4v) is 3.61. The third kappa shape index (κ3) is 3.86. The van der Waals surface area contributed by atoms with Crippen LogP contribution in [0.5, 0.6) is 0 Å². The summed E-state index contributed by atoms with van der Waals surface area (Å²) in [6.07, 6.45) is 5.37. The van der Waals surface area contributed by atoms with Gasteiger partial charge >= 0.3 is 0 Å². The summed E-state index contributed by atoms with van der Waals surface area (Å²) in [6.45, 7) is 0. The van der Waals surface area contributed by atoms with Crippen molar-refractivity contribution in [2.75, 3.05) is 0 Å². The SMILES string of the molecule is NC1(O)C=C(N=Nc2cc(Br)c(Br)c(Br)c2Br)C=CC1. The average Bonchev–Trinajstić information content (AvgIpc) is 2.38. The van der Waals surface area contributed by atoms with Gasteiger partial charge in [-0.3, -0.25) is 5.73 Å². The van der Waals surface area contributed by atoms with Gasteiger partial charge in [0.15, 0.2) is 0 Å². The van der Waals surface area contributed by atoms with Crippen molar-refractivity contribution >= 4 is 69.4 Å². The van der Waals surface area contributed by atoms with Crippen LogP contribution in [-0.4, -0.2) is 10.8 Å². The third-order valence-electron chi connectivity index (χ3n) is 2.49. The van der Waals surface area contributed by atoms with Crippen LogP contribution in [-0.2, 0) is 0 Å². The number of allylic oxidation sites excluding steroid dienone is 1. The second kappa shape index (κ2) is 6.50. The standard InChI is InChI=1S/C12H9Br4N3O/c13-7-4-8(10(15)11(16)9(7)14)19-18-6-2-1-3-12(17,20)5-6/h1-2,4-5,20H,3,17H2. The van der Waals surface area contributed by atoms with E-state index in [0.717, 1.165) is 17.9 Å². The maximum absolute atomic E-state index is 9.74. The first-order valence-electron chi connectivity index (χ1n) is 5.45. The molecule has 1 aliphatic rings. The summed E-state index contributed by atoms with van der Waals surface area (Å²) >= 11 is 13.8. The number of nitrogens with zero attached hydrogens (tertiary/aromatic N) is 2. The summed E-state index contributed by atoms with van der Waals surface area (Å²) in [6, 6.07) is 1.82. The normalized spacial score (nSPS) is 22.4. The summed E-state index contributed by atoms with van der Waals surface area (Å²) in [7, 11) is 0. The molecular weight excluding hydrogens is 522 g/mol. The lowest BCUT2D eigenvalue weighted by Gasteiger charge is -2.19. The number of hydrogen-bond donors (Lipinski definition) is 2. The predicted octanol–water partition coefficient (Wildman–Crippen LogP) is 5.31. The van der Waals surface area contributed by atoms with Crippen molar-refractivity contribution < 1.29 is 5.11 Å². The van der Waals surface area contributed by atoms with E-state index in [1.807, 2.05) is 6.07 Å². The van der Waals surface area contributed by atoms with Crippen molar-refractivity contribution in [3.8, 4) is 0 Å². The van der Waals surface area contributed by atoms with Crippen molar-refractivity contribution in [2.24, 2.45) is 16.0 Å². The van der Waals surface area contributed by atoms with Crippen molar-refractivity contribution in [1.82, 2.24) is 0 Å². The first kappa shape index (κ1) is 16.5. The number of hydrogen-bond acceptors (Lipinski definition) is 4. The van der Waals surface area contributed by atoms with Crippen LogP contribution < -0.4 is 5.73 Å². The van der Waals surface area contributed by atoms with Crippen LogP contribution in [0, 0.1) is 0 Å². The quantitative estimate of drug-likeness (QED) is 0.235. The molecule has 0 fully saturated rings. The van der Waals surface area contributed by atoms with E-state index in [4.69, 9.17) is 5.73 Å². The maximum Gasteiger partial charge on any atom is 0.138 e. The Bertz CT molecular complexity index is 638. The zero-order valence-corrected chi connectivity index (χ0v) is 16.3. The maximum atomic E-state index is 9.74. The smallest absolute Gasteiger partial charge is 0.138 e. The lowest BCUT2D eigenvalue weighted by Crippen LogP contribution is -2.37. The molecule has 0 amide bonds. The second-order valence-corrected chi connectivity index (χ2v) is 7.42. The highest BCUT2D eigenvalue weighted by Gasteiger charge is 2.19. The molecule has 0 bridgehead atoms. The summed E-state index contributed by atoms with van der Waals surface area (Å²) in [5.41, 5.74) is 5.43. The molecule has 1 aromatic carbocycles. The number of benzene rings is 1. The zero-order valence-electron chi connectivity index (χ0n) is 9.95. The first-order valence-corrected chi connectivity index (χ1v) is 8.63. The van der Waals surface area contributed by atoms with Crippen LogP contribution >= 0.6 is 63.7 Å². The highest BCUT2D eigenvalue weighted by atomic mass is 79.9. The van der Waals surface area contributed by atoms with Gasteiger partial charge in [0, 0.05) is 19.8 Å². The van der Waals surface area contributed by atoms with Crippen molar-refractivity contribution in [1.29, 1.82) is 0 Å². The molecule has 0 saturated carbocycles. The van der Waals surface area contributed by atoms with Gasteiger partial charge < -0.3 is 5.11 Å². The highest BCUT2D eigenvalue weighted by Crippen LogP contribution is 2.42. The fourth-order valence-electron chi connectivity index (χ4n) is 1.54. The van der Waals surface area contributed by atoms with Crippen molar-refractivity contribution in [3.63, 3.8) is 0 Å². The molecule has 1 atom stereocenters. The van der Waals surface area contributed by atoms with E-state index < -0.39 is 5.72 Å². The van der Waals surface area contributed by atoms with Crippen LogP contribution in [0.3, 0.4) is 0 Å². The van der Waals surface area contributed by atoms with E-state index in [9.17, 15) is 5.11 Å². The topological polar surface area (TPSA) is 71.0 Å².